The molecule has 1 aromatic heterocycles. The number of aliphatic hydroxyl groups is 1. The van der Waals surface area contributed by atoms with Gasteiger partial charge in [0.1, 0.15) is 11.5 Å². The monoisotopic (exact) mass is 181 g/mol. The van der Waals surface area contributed by atoms with Crippen molar-refractivity contribution < 1.29 is 9.52 Å². The Labute approximate surface area is 77.8 Å². The van der Waals surface area contributed by atoms with Gasteiger partial charge in [0.25, 0.3) is 0 Å². The number of aryl methyl sites for hydroxylation is 1. The van der Waals surface area contributed by atoms with Crippen LogP contribution < -0.4 is 5.32 Å². The molecular weight excluding hydrogens is 166 g/mol. The minimum Gasteiger partial charge on any atom is -0.466 e. The highest BCUT2D eigenvalue weighted by molar-refractivity contribution is 5.13. The molecular formula is C10H15NO2. The van der Waals surface area contributed by atoms with Crippen LogP contribution in [-0.4, -0.2) is 24.8 Å². The van der Waals surface area contributed by atoms with E-state index >= 15 is 0 Å². The normalized spacial score (nSPS) is 28.2. The molecule has 0 saturated carbocycles. The summed E-state index contributed by atoms with van der Waals surface area (Å²) in [6.45, 7) is 3.98. The van der Waals surface area contributed by atoms with Crippen molar-refractivity contribution in [1.82, 2.24) is 5.32 Å². The molecule has 1 fully saturated rings. The molecule has 3 nitrogen and oxygen atoms in total. The Morgan fingerprint density at radius 1 is 1.54 bits per heavy atom. The molecule has 0 amide bonds. The van der Waals surface area contributed by atoms with Crippen molar-refractivity contribution in [2.45, 2.75) is 12.8 Å². The molecule has 2 atom stereocenters. The first-order valence-electron chi connectivity index (χ1n) is 4.69. The highest BCUT2D eigenvalue weighted by Gasteiger charge is 2.29. The molecule has 13 heavy (non-hydrogen) atoms. The van der Waals surface area contributed by atoms with Crippen molar-refractivity contribution in [2.75, 3.05) is 19.7 Å². The summed E-state index contributed by atoms with van der Waals surface area (Å²) in [5.74, 6) is 2.60. The Kier molecular flexibility index (Phi) is 2.38. The fourth-order valence-corrected chi connectivity index (χ4v) is 1.91. The van der Waals surface area contributed by atoms with Crippen LogP contribution >= 0.6 is 0 Å². The molecule has 0 aromatic carbocycles. The first-order chi connectivity index (χ1) is 6.31. The second-order valence-corrected chi connectivity index (χ2v) is 3.66. The van der Waals surface area contributed by atoms with Crippen molar-refractivity contribution >= 4 is 0 Å². The average Bonchev–Trinajstić information content (AvgIpc) is 2.71. The van der Waals surface area contributed by atoms with Crippen LogP contribution in [0, 0.1) is 12.8 Å². The van der Waals surface area contributed by atoms with Gasteiger partial charge in [-0.05, 0) is 19.1 Å². The van der Waals surface area contributed by atoms with Crippen LogP contribution in [0.2, 0.25) is 0 Å². The first kappa shape index (κ1) is 8.78. The van der Waals surface area contributed by atoms with Gasteiger partial charge in [0.15, 0.2) is 0 Å². The molecule has 0 radical (unpaired) electrons. The standard InChI is InChI=1S/C10H15NO2/c1-7-2-3-10(13-7)9-5-11-4-8(9)6-12/h2-3,8-9,11-12H,4-6H2,1H3/t8-,9-/m0/s1. The van der Waals surface area contributed by atoms with Gasteiger partial charge in [-0.3, -0.25) is 0 Å². The van der Waals surface area contributed by atoms with E-state index < -0.39 is 0 Å². The van der Waals surface area contributed by atoms with Crippen LogP contribution in [0.5, 0.6) is 0 Å². The van der Waals surface area contributed by atoms with Gasteiger partial charge in [-0.2, -0.15) is 0 Å². The van der Waals surface area contributed by atoms with E-state index in [2.05, 4.69) is 5.32 Å². The lowest BCUT2D eigenvalue weighted by molar-refractivity contribution is 0.218. The van der Waals surface area contributed by atoms with Crippen molar-refractivity contribution in [3.8, 4) is 0 Å². The zero-order valence-corrected chi connectivity index (χ0v) is 7.79. The maximum atomic E-state index is 9.12. The van der Waals surface area contributed by atoms with E-state index in [0.717, 1.165) is 24.6 Å². The van der Waals surface area contributed by atoms with E-state index in [0.29, 0.717) is 11.8 Å². The molecule has 0 aliphatic carbocycles. The van der Waals surface area contributed by atoms with Gasteiger partial charge < -0.3 is 14.8 Å². The van der Waals surface area contributed by atoms with E-state index in [-0.39, 0.29) is 6.61 Å². The molecule has 2 rings (SSSR count). The summed E-state index contributed by atoms with van der Waals surface area (Å²) < 4.78 is 5.55. The summed E-state index contributed by atoms with van der Waals surface area (Å²) in [6.07, 6.45) is 0. The maximum absolute atomic E-state index is 9.12. The molecule has 1 aromatic rings. The van der Waals surface area contributed by atoms with Crippen LogP contribution in [0.3, 0.4) is 0 Å². The molecule has 1 aliphatic rings. The highest BCUT2D eigenvalue weighted by atomic mass is 16.3. The second-order valence-electron chi connectivity index (χ2n) is 3.66. The largest absolute Gasteiger partial charge is 0.466 e. The van der Waals surface area contributed by atoms with Gasteiger partial charge in [-0.15, -0.1) is 0 Å². The molecule has 72 valence electrons. The van der Waals surface area contributed by atoms with Gasteiger partial charge >= 0.3 is 0 Å². The van der Waals surface area contributed by atoms with Gasteiger partial charge in [-0.25, -0.2) is 0 Å². The van der Waals surface area contributed by atoms with Crippen LogP contribution in [-0.2, 0) is 0 Å². The SMILES string of the molecule is Cc1ccc([C@H]2CNC[C@H]2CO)o1. The van der Waals surface area contributed by atoms with Gasteiger partial charge in [0, 0.05) is 31.5 Å². The maximum Gasteiger partial charge on any atom is 0.108 e. The molecule has 3 heteroatoms. The summed E-state index contributed by atoms with van der Waals surface area (Å²) in [6, 6.07) is 3.98. The summed E-state index contributed by atoms with van der Waals surface area (Å²) >= 11 is 0. The third-order valence-corrected chi connectivity index (χ3v) is 2.70. The Hall–Kier alpha value is -0.800. The summed E-state index contributed by atoms with van der Waals surface area (Å²) in [7, 11) is 0. The number of nitrogens with one attached hydrogen (secondary N) is 1. The number of hydrogen-bond acceptors (Lipinski definition) is 3. The van der Waals surface area contributed by atoms with Gasteiger partial charge in [-0.1, -0.05) is 0 Å². The lowest BCUT2D eigenvalue weighted by Gasteiger charge is -2.12. The van der Waals surface area contributed by atoms with E-state index in [1.165, 1.54) is 0 Å². The molecule has 0 spiro atoms. The number of furan rings is 1. The lowest BCUT2D eigenvalue weighted by atomic mass is 9.95. The summed E-state index contributed by atoms with van der Waals surface area (Å²) in [4.78, 5) is 0. The van der Waals surface area contributed by atoms with Gasteiger partial charge in [0.05, 0.1) is 0 Å². The minimum absolute atomic E-state index is 0.234. The van der Waals surface area contributed by atoms with Crippen molar-refractivity contribution in [1.29, 1.82) is 0 Å². The summed E-state index contributed by atoms with van der Waals surface area (Å²) in [5.41, 5.74) is 0. The topological polar surface area (TPSA) is 45.4 Å². The van der Waals surface area contributed by atoms with Crippen LogP contribution in [0.25, 0.3) is 0 Å². The van der Waals surface area contributed by atoms with E-state index in [1.54, 1.807) is 0 Å². The van der Waals surface area contributed by atoms with Crippen molar-refractivity contribution in [3.05, 3.63) is 23.7 Å². The zero-order valence-electron chi connectivity index (χ0n) is 7.79. The number of hydrogen-bond donors (Lipinski definition) is 2. The number of aliphatic hydroxyl groups excluding tert-OH is 1. The van der Waals surface area contributed by atoms with Gasteiger partial charge in [0.2, 0.25) is 0 Å². The Bertz CT molecular complexity index is 282. The Morgan fingerprint density at radius 3 is 3.00 bits per heavy atom. The predicted octanol–water partition coefficient (Wildman–Crippen LogP) is 0.883. The number of rotatable bonds is 2. The third-order valence-electron chi connectivity index (χ3n) is 2.70. The molecule has 1 aliphatic heterocycles. The average molecular weight is 181 g/mol. The first-order valence-corrected chi connectivity index (χ1v) is 4.69. The highest BCUT2D eigenvalue weighted by Crippen LogP contribution is 2.28. The van der Waals surface area contributed by atoms with E-state index in [1.807, 2.05) is 19.1 Å². The Balaban J connectivity index is 2.15. The Morgan fingerprint density at radius 2 is 2.38 bits per heavy atom. The molecule has 2 heterocycles. The third kappa shape index (κ3) is 1.62. The fourth-order valence-electron chi connectivity index (χ4n) is 1.91. The van der Waals surface area contributed by atoms with Crippen LogP contribution in [0.1, 0.15) is 17.4 Å². The molecule has 2 N–H and O–H groups in total. The fraction of sp³-hybridized carbons (Fsp3) is 0.600. The quantitative estimate of drug-likeness (QED) is 0.712. The van der Waals surface area contributed by atoms with E-state index in [9.17, 15) is 0 Å². The van der Waals surface area contributed by atoms with Crippen molar-refractivity contribution in [2.24, 2.45) is 5.92 Å². The summed E-state index contributed by atoms with van der Waals surface area (Å²) in [5, 5.41) is 12.4. The van der Waals surface area contributed by atoms with Crippen LogP contribution in [0.4, 0.5) is 0 Å². The van der Waals surface area contributed by atoms with Crippen molar-refractivity contribution in [3.63, 3.8) is 0 Å². The molecule has 0 bridgehead atoms. The minimum atomic E-state index is 0.234. The smallest absolute Gasteiger partial charge is 0.108 e. The molecule has 1 saturated heterocycles. The molecule has 0 unspecified atom stereocenters. The predicted molar refractivity (Wildman–Crippen MR) is 49.6 cm³/mol. The lowest BCUT2D eigenvalue weighted by Crippen LogP contribution is -2.14. The van der Waals surface area contributed by atoms with E-state index in [4.69, 9.17) is 9.52 Å². The van der Waals surface area contributed by atoms with Crippen LogP contribution in [0.15, 0.2) is 16.5 Å². The zero-order chi connectivity index (χ0) is 9.26. The second kappa shape index (κ2) is 3.52.